The highest BCUT2D eigenvalue weighted by molar-refractivity contribution is 5.84. The van der Waals surface area contributed by atoms with Gasteiger partial charge in [0.15, 0.2) is 0 Å². The van der Waals surface area contributed by atoms with Gasteiger partial charge in [-0.2, -0.15) is 0 Å². The Bertz CT molecular complexity index is 848. The van der Waals surface area contributed by atoms with Crippen LogP contribution in [0.15, 0.2) is 54.6 Å². The Labute approximate surface area is 141 Å². The number of benzene rings is 2. The monoisotopic (exact) mass is 319 g/mol. The topological polar surface area (TPSA) is 38.1 Å². The van der Waals surface area contributed by atoms with E-state index in [-0.39, 0.29) is 5.91 Å². The highest BCUT2D eigenvalue weighted by Crippen LogP contribution is 2.25. The molecule has 2 aromatic carbocycles. The number of hydrogen-bond acceptors (Lipinski definition) is 2. The zero-order valence-corrected chi connectivity index (χ0v) is 13.7. The minimum atomic E-state index is 0.190. The Hall–Kier alpha value is -2.62. The van der Waals surface area contributed by atoms with Gasteiger partial charge in [-0.1, -0.05) is 42.5 Å². The summed E-state index contributed by atoms with van der Waals surface area (Å²) in [5.41, 5.74) is 2.99. The summed E-state index contributed by atoms with van der Waals surface area (Å²) in [5, 5.41) is 0. The lowest BCUT2D eigenvalue weighted by molar-refractivity contribution is -0.132. The van der Waals surface area contributed by atoms with Crippen LogP contribution in [0.2, 0.25) is 0 Å². The highest BCUT2D eigenvalue weighted by Gasteiger charge is 2.20. The molecule has 1 aromatic heterocycles. The Morgan fingerprint density at radius 2 is 1.62 bits per heavy atom. The molecule has 2 heterocycles. The van der Waals surface area contributed by atoms with Gasteiger partial charge in [0.25, 0.3) is 0 Å². The van der Waals surface area contributed by atoms with Crippen molar-refractivity contribution in [3.05, 3.63) is 54.6 Å². The Morgan fingerprint density at radius 1 is 0.917 bits per heavy atom. The van der Waals surface area contributed by atoms with E-state index in [0.717, 1.165) is 48.4 Å². The van der Waals surface area contributed by atoms with Crippen LogP contribution in [-0.2, 0) is 11.3 Å². The van der Waals surface area contributed by atoms with E-state index in [0.29, 0.717) is 6.54 Å². The van der Waals surface area contributed by atoms with Gasteiger partial charge in [-0.15, -0.1) is 0 Å². The molecule has 0 radical (unpaired) electrons. The fraction of sp³-hybridized carbons (Fsp3) is 0.300. The molecule has 0 N–H and O–H groups in total. The van der Waals surface area contributed by atoms with Gasteiger partial charge in [-0.3, -0.25) is 4.79 Å². The van der Waals surface area contributed by atoms with Gasteiger partial charge in [-0.05, 0) is 31.4 Å². The molecule has 1 aliphatic rings. The Morgan fingerprint density at radius 3 is 2.42 bits per heavy atom. The fourth-order valence-corrected chi connectivity index (χ4v) is 3.42. The molecule has 3 aromatic rings. The SMILES string of the molecule is O=C(Cn1c(-c2ccccc2)nc2ccccc21)N1CCCCC1. The van der Waals surface area contributed by atoms with E-state index in [1.165, 1.54) is 6.42 Å². The molecule has 0 aliphatic carbocycles. The van der Waals surface area contributed by atoms with Crippen molar-refractivity contribution < 1.29 is 4.79 Å². The van der Waals surface area contributed by atoms with Crippen molar-refractivity contribution in [3.8, 4) is 11.4 Å². The molecular weight excluding hydrogens is 298 g/mol. The predicted octanol–water partition coefficient (Wildman–Crippen LogP) is 3.72. The standard InChI is InChI=1S/C20H21N3O/c24-19(22-13-7-2-8-14-22)15-23-18-12-6-5-11-17(18)21-20(23)16-9-3-1-4-10-16/h1,3-6,9-12H,2,7-8,13-15H2. The molecule has 0 unspecified atom stereocenters. The van der Waals surface area contributed by atoms with Gasteiger partial charge in [0.05, 0.1) is 11.0 Å². The number of carbonyl (C=O) groups excluding carboxylic acids is 1. The molecular formula is C20H21N3O. The number of para-hydroxylation sites is 2. The Balaban J connectivity index is 1.74. The predicted molar refractivity (Wildman–Crippen MR) is 95.6 cm³/mol. The van der Waals surface area contributed by atoms with Gasteiger partial charge in [0.1, 0.15) is 12.4 Å². The summed E-state index contributed by atoms with van der Waals surface area (Å²) in [7, 11) is 0. The van der Waals surface area contributed by atoms with Crippen LogP contribution in [0.1, 0.15) is 19.3 Å². The number of piperidine rings is 1. The normalized spacial score (nSPS) is 14.9. The quantitative estimate of drug-likeness (QED) is 0.738. The van der Waals surface area contributed by atoms with Crippen molar-refractivity contribution >= 4 is 16.9 Å². The van der Waals surface area contributed by atoms with Crippen LogP contribution >= 0.6 is 0 Å². The van der Waals surface area contributed by atoms with E-state index in [2.05, 4.69) is 4.57 Å². The van der Waals surface area contributed by atoms with Crippen LogP contribution in [0.4, 0.5) is 0 Å². The molecule has 0 bridgehead atoms. The van der Waals surface area contributed by atoms with Crippen molar-refractivity contribution in [1.82, 2.24) is 14.5 Å². The molecule has 4 heteroatoms. The molecule has 1 saturated heterocycles. The summed E-state index contributed by atoms with van der Waals surface area (Å²) in [4.78, 5) is 19.5. The van der Waals surface area contributed by atoms with Crippen LogP contribution in [0, 0.1) is 0 Å². The van der Waals surface area contributed by atoms with Crippen LogP contribution in [0.5, 0.6) is 0 Å². The van der Waals surface area contributed by atoms with Crippen molar-refractivity contribution in [2.45, 2.75) is 25.8 Å². The lowest BCUT2D eigenvalue weighted by Gasteiger charge is -2.27. The van der Waals surface area contributed by atoms with Gasteiger partial charge < -0.3 is 9.47 Å². The number of aromatic nitrogens is 2. The number of carbonyl (C=O) groups is 1. The summed E-state index contributed by atoms with van der Waals surface area (Å²) in [6.07, 6.45) is 3.46. The van der Waals surface area contributed by atoms with Crippen molar-refractivity contribution in [2.24, 2.45) is 0 Å². The molecule has 0 spiro atoms. The number of likely N-dealkylation sites (tertiary alicyclic amines) is 1. The van der Waals surface area contributed by atoms with Gasteiger partial charge >= 0.3 is 0 Å². The number of imidazole rings is 1. The summed E-state index contributed by atoms with van der Waals surface area (Å²) in [5.74, 6) is 1.05. The van der Waals surface area contributed by atoms with Crippen LogP contribution in [0.3, 0.4) is 0 Å². The number of hydrogen-bond donors (Lipinski definition) is 0. The molecule has 1 fully saturated rings. The zero-order valence-electron chi connectivity index (χ0n) is 13.7. The molecule has 122 valence electrons. The minimum Gasteiger partial charge on any atom is -0.341 e. The second-order valence-corrected chi connectivity index (χ2v) is 6.32. The number of amides is 1. The average Bonchev–Trinajstić information content (AvgIpc) is 3.02. The maximum atomic E-state index is 12.8. The van der Waals surface area contributed by atoms with Crippen LogP contribution < -0.4 is 0 Å². The third-order valence-electron chi connectivity index (χ3n) is 4.69. The number of rotatable bonds is 3. The lowest BCUT2D eigenvalue weighted by atomic mass is 10.1. The Kier molecular flexibility index (Phi) is 4.03. The third kappa shape index (κ3) is 2.80. The second kappa shape index (κ2) is 6.48. The van der Waals surface area contributed by atoms with E-state index < -0.39 is 0 Å². The van der Waals surface area contributed by atoms with E-state index in [9.17, 15) is 4.79 Å². The number of fused-ring (bicyclic) bond motifs is 1. The first kappa shape index (κ1) is 14.9. The smallest absolute Gasteiger partial charge is 0.242 e. The molecule has 4 rings (SSSR count). The first-order valence-corrected chi connectivity index (χ1v) is 8.61. The van der Waals surface area contributed by atoms with E-state index in [4.69, 9.17) is 4.98 Å². The summed E-state index contributed by atoms with van der Waals surface area (Å²) in [6.45, 7) is 2.11. The van der Waals surface area contributed by atoms with Crippen molar-refractivity contribution in [2.75, 3.05) is 13.1 Å². The molecule has 4 nitrogen and oxygen atoms in total. The average molecular weight is 319 g/mol. The van der Waals surface area contributed by atoms with Crippen LogP contribution in [-0.4, -0.2) is 33.4 Å². The summed E-state index contributed by atoms with van der Waals surface area (Å²) < 4.78 is 2.06. The third-order valence-corrected chi connectivity index (χ3v) is 4.69. The fourth-order valence-electron chi connectivity index (χ4n) is 3.42. The van der Waals surface area contributed by atoms with Gasteiger partial charge in [0.2, 0.25) is 5.91 Å². The van der Waals surface area contributed by atoms with E-state index in [1.54, 1.807) is 0 Å². The molecule has 24 heavy (non-hydrogen) atoms. The second-order valence-electron chi connectivity index (χ2n) is 6.32. The maximum absolute atomic E-state index is 12.8. The number of nitrogens with zero attached hydrogens (tertiary/aromatic N) is 3. The largest absolute Gasteiger partial charge is 0.341 e. The zero-order chi connectivity index (χ0) is 16.4. The van der Waals surface area contributed by atoms with E-state index >= 15 is 0 Å². The van der Waals surface area contributed by atoms with Gasteiger partial charge in [-0.25, -0.2) is 4.98 Å². The van der Waals surface area contributed by atoms with E-state index in [1.807, 2.05) is 59.5 Å². The molecule has 0 atom stereocenters. The van der Waals surface area contributed by atoms with Crippen molar-refractivity contribution in [3.63, 3.8) is 0 Å². The first-order chi connectivity index (χ1) is 11.8. The molecule has 1 aliphatic heterocycles. The lowest BCUT2D eigenvalue weighted by Crippen LogP contribution is -2.37. The minimum absolute atomic E-state index is 0.190. The maximum Gasteiger partial charge on any atom is 0.242 e. The van der Waals surface area contributed by atoms with Crippen molar-refractivity contribution in [1.29, 1.82) is 0 Å². The molecule has 0 saturated carbocycles. The summed E-state index contributed by atoms with van der Waals surface area (Å²) >= 11 is 0. The molecule has 1 amide bonds. The summed E-state index contributed by atoms with van der Waals surface area (Å²) in [6, 6.07) is 18.1. The highest BCUT2D eigenvalue weighted by atomic mass is 16.2. The van der Waals surface area contributed by atoms with Gasteiger partial charge in [0, 0.05) is 18.7 Å². The first-order valence-electron chi connectivity index (χ1n) is 8.61. The van der Waals surface area contributed by atoms with Crippen LogP contribution in [0.25, 0.3) is 22.4 Å².